The molecular formula is C17H16ClN3. The van der Waals surface area contributed by atoms with Gasteiger partial charge in [0.15, 0.2) is 0 Å². The highest BCUT2D eigenvalue weighted by Crippen LogP contribution is 2.41. The quantitative estimate of drug-likeness (QED) is 0.801. The molecule has 0 amide bonds. The summed E-state index contributed by atoms with van der Waals surface area (Å²) >= 11 is 6.20. The lowest BCUT2D eigenvalue weighted by atomic mass is 9.93. The summed E-state index contributed by atoms with van der Waals surface area (Å²) in [6.07, 6.45) is 0. The second kappa shape index (κ2) is 4.78. The number of benzene rings is 2. The zero-order chi connectivity index (χ0) is 14.4. The van der Waals surface area contributed by atoms with Crippen molar-refractivity contribution in [2.45, 2.75) is 6.04 Å². The van der Waals surface area contributed by atoms with E-state index in [9.17, 15) is 0 Å². The molecule has 4 heteroatoms. The molecule has 0 aliphatic carbocycles. The van der Waals surface area contributed by atoms with Gasteiger partial charge in [0.2, 0.25) is 5.96 Å². The molecule has 2 aromatic rings. The summed E-state index contributed by atoms with van der Waals surface area (Å²) in [4.78, 5) is 9.20. The van der Waals surface area contributed by atoms with Crippen molar-refractivity contribution in [1.29, 1.82) is 0 Å². The van der Waals surface area contributed by atoms with Gasteiger partial charge >= 0.3 is 0 Å². The SMILES string of the molecule is CN1C2=NCCN2C(c2ccccc2)c2ccc(Cl)cc21. The number of aliphatic imine (C=N–C) groups is 1. The van der Waals surface area contributed by atoms with E-state index < -0.39 is 0 Å². The van der Waals surface area contributed by atoms with Gasteiger partial charge in [-0.25, -0.2) is 0 Å². The third kappa shape index (κ3) is 1.92. The Bertz CT molecular complexity index is 711. The van der Waals surface area contributed by atoms with Crippen LogP contribution in [0, 0.1) is 0 Å². The molecule has 2 aliphatic rings. The molecule has 2 heterocycles. The summed E-state index contributed by atoms with van der Waals surface area (Å²) in [5.74, 6) is 1.04. The van der Waals surface area contributed by atoms with Crippen LogP contribution in [0.15, 0.2) is 53.5 Å². The molecule has 0 saturated heterocycles. The van der Waals surface area contributed by atoms with Crippen molar-refractivity contribution in [3.05, 3.63) is 64.7 Å². The van der Waals surface area contributed by atoms with Crippen LogP contribution in [0.5, 0.6) is 0 Å². The Labute approximate surface area is 129 Å². The monoisotopic (exact) mass is 297 g/mol. The Morgan fingerprint density at radius 3 is 2.76 bits per heavy atom. The molecule has 3 nitrogen and oxygen atoms in total. The number of nitrogens with zero attached hydrogens (tertiary/aromatic N) is 3. The highest BCUT2D eigenvalue weighted by atomic mass is 35.5. The number of rotatable bonds is 1. The van der Waals surface area contributed by atoms with E-state index in [1.807, 2.05) is 12.1 Å². The maximum atomic E-state index is 6.20. The molecule has 0 fully saturated rings. The number of anilines is 1. The predicted molar refractivity (Wildman–Crippen MR) is 87.1 cm³/mol. The summed E-state index contributed by atoms with van der Waals surface area (Å²) < 4.78 is 0. The van der Waals surface area contributed by atoms with Gasteiger partial charge in [-0.15, -0.1) is 0 Å². The largest absolute Gasteiger partial charge is 0.329 e. The van der Waals surface area contributed by atoms with Crippen molar-refractivity contribution >= 4 is 23.2 Å². The minimum atomic E-state index is 0.218. The molecule has 0 N–H and O–H groups in total. The van der Waals surface area contributed by atoms with Crippen LogP contribution >= 0.6 is 11.6 Å². The average Bonchev–Trinajstić information content (AvgIpc) is 2.99. The van der Waals surface area contributed by atoms with Gasteiger partial charge in [0.05, 0.1) is 18.3 Å². The average molecular weight is 298 g/mol. The molecule has 4 rings (SSSR count). The molecule has 0 aromatic heterocycles. The number of guanidine groups is 1. The van der Waals surface area contributed by atoms with Gasteiger partial charge in [-0.05, 0) is 17.7 Å². The van der Waals surface area contributed by atoms with Gasteiger partial charge in [-0.3, -0.25) is 4.99 Å². The van der Waals surface area contributed by atoms with Crippen LogP contribution in [-0.4, -0.2) is 31.0 Å². The van der Waals surface area contributed by atoms with E-state index in [4.69, 9.17) is 11.6 Å². The molecule has 0 bridgehead atoms. The van der Waals surface area contributed by atoms with Crippen LogP contribution in [0.1, 0.15) is 17.2 Å². The van der Waals surface area contributed by atoms with Gasteiger partial charge in [-0.1, -0.05) is 48.0 Å². The van der Waals surface area contributed by atoms with Crippen LogP contribution in [0.2, 0.25) is 5.02 Å². The Balaban J connectivity index is 1.93. The van der Waals surface area contributed by atoms with E-state index >= 15 is 0 Å². The fourth-order valence-corrected chi connectivity index (χ4v) is 3.47. The topological polar surface area (TPSA) is 18.8 Å². The summed E-state index contributed by atoms with van der Waals surface area (Å²) in [7, 11) is 2.06. The van der Waals surface area contributed by atoms with Crippen LogP contribution < -0.4 is 4.90 Å². The normalized spacial score (nSPS) is 20.1. The van der Waals surface area contributed by atoms with Crippen LogP contribution in [0.3, 0.4) is 0 Å². The number of halogens is 1. The molecule has 0 radical (unpaired) electrons. The van der Waals surface area contributed by atoms with Crippen molar-refractivity contribution in [3.63, 3.8) is 0 Å². The zero-order valence-electron chi connectivity index (χ0n) is 11.8. The van der Waals surface area contributed by atoms with Crippen molar-refractivity contribution in [1.82, 2.24) is 4.90 Å². The first-order valence-corrected chi connectivity index (χ1v) is 7.53. The Morgan fingerprint density at radius 2 is 1.95 bits per heavy atom. The van der Waals surface area contributed by atoms with Crippen molar-refractivity contribution in [3.8, 4) is 0 Å². The number of hydrogen-bond acceptors (Lipinski definition) is 3. The molecule has 106 valence electrons. The summed E-state index contributed by atoms with van der Waals surface area (Å²) in [5, 5.41) is 0.763. The summed E-state index contributed by atoms with van der Waals surface area (Å²) in [6.45, 7) is 1.81. The van der Waals surface area contributed by atoms with E-state index in [2.05, 4.69) is 58.2 Å². The Hall–Kier alpha value is -2.00. The molecule has 2 aromatic carbocycles. The van der Waals surface area contributed by atoms with Gasteiger partial charge in [0.25, 0.3) is 0 Å². The zero-order valence-corrected chi connectivity index (χ0v) is 12.6. The van der Waals surface area contributed by atoms with Crippen molar-refractivity contribution in [2.24, 2.45) is 4.99 Å². The standard InChI is InChI=1S/C17H16ClN3/c1-20-15-11-13(18)7-8-14(15)16(12-5-3-2-4-6-12)21-10-9-19-17(20)21/h2-8,11,16H,9-10H2,1H3. The molecule has 2 aliphatic heterocycles. The minimum absolute atomic E-state index is 0.218. The fraction of sp³-hybridized carbons (Fsp3) is 0.235. The highest BCUT2D eigenvalue weighted by Gasteiger charge is 2.37. The summed E-state index contributed by atoms with van der Waals surface area (Å²) in [6, 6.07) is 17.0. The maximum Gasteiger partial charge on any atom is 0.201 e. The van der Waals surface area contributed by atoms with Crippen molar-refractivity contribution in [2.75, 3.05) is 25.0 Å². The maximum absolute atomic E-state index is 6.20. The lowest BCUT2D eigenvalue weighted by molar-refractivity contribution is 0.376. The van der Waals surface area contributed by atoms with Crippen molar-refractivity contribution < 1.29 is 0 Å². The van der Waals surface area contributed by atoms with Crippen LogP contribution in [-0.2, 0) is 0 Å². The second-order valence-corrected chi connectivity index (χ2v) is 5.89. The second-order valence-electron chi connectivity index (χ2n) is 5.45. The predicted octanol–water partition coefficient (Wildman–Crippen LogP) is 3.55. The van der Waals surface area contributed by atoms with Gasteiger partial charge in [0, 0.05) is 24.2 Å². The molecule has 0 saturated carbocycles. The van der Waals surface area contributed by atoms with E-state index in [-0.39, 0.29) is 6.04 Å². The first-order valence-electron chi connectivity index (χ1n) is 7.15. The van der Waals surface area contributed by atoms with Crippen LogP contribution in [0.25, 0.3) is 0 Å². The Morgan fingerprint density at radius 1 is 1.14 bits per heavy atom. The summed E-state index contributed by atoms with van der Waals surface area (Å²) in [5.41, 5.74) is 3.73. The third-order valence-corrected chi connectivity index (χ3v) is 4.46. The fourth-order valence-electron chi connectivity index (χ4n) is 3.30. The van der Waals surface area contributed by atoms with E-state index in [1.54, 1.807) is 0 Å². The number of hydrogen-bond donors (Lipinski definition) is 0. The lowest BCUT2D eigenvalue weighted by Gasteiger charge is -2.41. The Kier molecular flexibility index (Phi) is 2.89. The highest BCUT2D eigenvalue weighted by molar-refractivity contribution is 6.31. The van der Waals surface area contributed by atoms with Gasteiger partial charge in [-0.2, -0.15) is 0 Å². The van der Waals surface area contributed by atoms with Crippen LogP contribution in [0.4, 0.5) is 5.69 Å². The van der Waals surface area contributed by atoms with E-state index in [1.165, 1.54) is 11.1 Å². The number of fused-ring (bicyclic) bond motifs is 2. The van der Waals surface area contributed by atoms with Gasteiger partial charge in [0.1, 0.15) is 0 Å². The lowest BCUT2D eigenvalue weighted by Crippen LogP contribution is -2.46. The molecular weight excluding hydrogens is 282 g/mol. The minimum Gasteiger partial charge on any atom is -0.329 e. The van der Waals surface area contributed by atoms with E-state index in [0.717, 1.165) is 29.8 Å². The first-order chi connectivity index (χ1) is 10.3. The third-order valence-electron chi connectivity index (χ3n) is 4.23. The first kappa shape index (κ1) is 12.7. The molecule has 21 heavy (non-hydrogen) atoms. The molecule has 0 spiro atoms. The van der Waals surface area contributed by atoms with E-state index in [0.29, 0.717) is 0 Å². The molecule has 1 unspecified atom stereocenters. The van der Waals surface area contributed by atoms with Gasteiger partial charge < -0.3 is 9.80 Å². The molecule has 1 atom stereocenters. The smallest absolute Gasteiger partial charge is 0.201 e.